The number of piperazine rings is 1. The van der Waals surface area contributed by atoms with Crippen molar-refractivity contribution >= 4 is 23.6 Å². The summed E-state index contributed by atoms with van der Waals surface area (Å²) >= 11 is 1.33. The van der Waals surface area contributed by atoms with Gasteiger partial charge in [0, 0.05) is 38.3 Å². The van der Waals surface area contributed by atoms with Crippen molar-refractivity contribution in [1.29, 1.82) is 0 Å². The minimum atomic E-state index is -0.315. The summed E-state index contributed by atoms with van der Waals surface area (Å²) in [4.78, 5) is 28.8. The first-order valence-electron chi connectivity index (χ1n) is 11.6. The molecule has 2 fully saturated rings. The van der Waals surface area contributed by atoms with Crippen molar-refractivity contribution in [2.24, 2.45) is 0 Å². The molecule has 184 valence electrons. The number of furan rings is 1. The molecule has 11 heteroatoms. The smallest absolute Gasteiger partial charge is 0.289 e. The summed E-state index contributed by atoms with van der Waals surface area (Å²) in [7, 11) is 0. The van der Waals surface area contributed by atoms with E-state index in [0.717, 1.165) is 25.0 Å². The van der Waals surface area contributed by atoms with E-state index in [-0.39, 0.29) is 29.5 Å². The molecule has 0 saturated carbocycles. The van der Waals surface area contributed by atoms with Gasteiger partial charge in [-0.15, -0.1) is 10.2 Å². The second-order valence-electron chi connectivity index (χ2n) is 8.50. The first-order chi connectivity index (χ1) is 17.1. The number of hydrogen-bond donors (Lipinski definition) is 0. The largest absolute Gasteiger partial charge is 0.459 e. The zero-order valence-electron chi connectivity index (χ0n) is 19.1. The van der Waals surface area contributed by atoms with E-state index in [2.05, 4.69) is 10.2 Å². The maximum Gasteiger partial charge on any atom is 0.289 e. The Labute approximate surface area is 206 Å². The van der Waals surface area contributed by atoms with E-state index in [1.165, 1.54) is 30.2 Å². The van der Waals surface area contributed by atoms with E-state index < -0.39 is 0 Å². The summed E-state index contributed by atoms with van der Waals surface area (Å²) in [6.45, 7) is 3.15. The lowest BCUT2D eigenvalue weighted by molar-refractivity contribution is -0.129. The van der Waals surface area contributed by atoms with Crippen LogP contribution >= 0.6 is 11.8 Å². The number of carbonyl (C=O) groups is 2. The Balaban J connectivity index is 1.22. The molecule has 5 rings (SSSR count). The molecule has 1 aromatic carbocycles. The van der Waals surface area contributed by atoms with Crippen molar-refractivity contribution in [3.63, 3.8) is 0 Å². The Hall–Kier alpha value is -3.18. The topological polar surface area (TPSA) is 93.7 Å². The van der Waals surface area contributed by atoms with Gasteiger partial charge in [0.2, 0.25) is 5.91 Å². The average molecular weight is 500 g/mol. The minimum absolute atomic E-state index is 0.0184. The minimum Gasteiger partial charge on any atom is -0.459 e. The molecular weight excluding hydrogens is 473 g/mol. The molecule has 4 heterocycles. The van der Waals surface area contributed by atoms with E-state index in [1.54, 1.807) is 34.1 Å². The van der Waals surface area contributed by atoms with Gasteiger partial charge in [0.25, 0.3) is 5.91 Å². The zero-order valence-corrected chi connectivity index (χ0v) is 20.0. The van der Waals surface area contributed by atoms with Crippen LogP contribution in [0.2, 0.25) is 0 Å². The highest BCUT2D eigenvalue weighted by Crippen LogP contribution is 2.27. The van der Waals surface area contributed by atoms with Crippen LogP contribution < -0.4 is 0 Å². The van der Waals surface area contributed by atoms with Crippen LogP contribution in [0.3, 0.4) is 0 Å². The fourth-order valence-electron chi connectivity index (χ4n) is 4.30. The fraction of sp³-hybridized carbons (Fsp3) is 0.417. The number of halogens is 1. The second-order valence-corrected chi connectivity index (χ2v) is 9.44. The monoisotopic (exact) mass is 499 g/mol. The van der Waals surface area contributed by atoms with Gasteiger partial charge >= 0.3 is 0 Å². The summed E-state index contributed by atoms with van der Waals surface area (Å²) in [5.74, 6) is 0.648. The molecule has 9 nitrogen and oxygen atoms in total. The molecule has 35 heavy (non-hydrogen) atoms. The van der Waals surface area contributed by atoms with Gasteiger partial charge in [0.1, 0.15) is 5.82 Å². The molecule has 0 unspecified atom stereocenters. The van der Waals surface area contributed by atoms with Crippen molar-refractivity contribution in [2.75, 3.05) is 38.5 Å². The number of rotatable bonds is 7. The first-order valence-corrected chi connectivity index (χ1v) is 12.6. The Morgan fingerprint density at radius 3 is 2.51 bits per heavy atom. The summed E-state index contributed by atoms with van der Waals surface area (Å²) < 4.78 is 26.4. The van der Waals surface area contributed by atoms with E-state index in [1.807, 2.05) is 4.57 Å². The third-order valence-electron chi connectivity index (χ3n) is 6.21. The van der Waals surface area contributed by atoms with Crippen molar-refractivity contribution in [3.8, 4) is 11.4 Å². The molecule has 0 radical (unpaired) electrons. The van der Waals surface area contributed by atoms with E-state index >= 15 is 0 Å². The highest BCUT2D eigenvalue weighted by atomic mass is 32.2. The third kappa shape index (κ3) is 5.40. The number of hydrogen-bond acceptors (Lipinski definition) is 7. The molecule has 2 amide bonds. The quantitative estimate of drug-likeness (QED) is 0.462. The van der Waals surface area contributed by atoms with E-state index in [4.69, 9.17) is 9.15 Å². The molecule has 0 N–H and O–H groups in total. The highest BCUT2D eigenvalue weighted by Gasteiger charge is 2.27. The van der Waals surface area contributed by atoms with Crippen molar-refractivity contribution < 1.29 is 23.1 Å². The number of amides is 2. The van der Waals surface area contributed by atoms with Gasteiger partial charge in [-0.05, 0) is 49.2 Å². The van der Waals surface area contributed by atoms with Crippen molar-refractivity contribution in [2.45, 2.75) is 30.6 Å². The van der Waals surface area contributed by atoms with Gasteiger partial charge in [-0.25, -0.2) is 4.39 Å². The lowest BCUT2D eigenvalue weighted by atomic mass is 10.2. The molecule has 3 aromatic rings. The van der Waals surface area contributed by atoms with Gasteiger partial charge in [0.05, 0.1) is 24.7 Å². The molecule has 2 aliphatic rings. The van der Waals surface area contributed by atoms with Gasteiger partial charge in [0.15, 0.2) is 16.7 Å². The van der Waals surface area contributed by atoms with Crippen LogP contribution in [-0.4, -0.2) is 81.0 Å². The Morgan fingerprint density at radius 1 is 1.06 bits per heavy atom. The summed E-state index contributed by atoms with van der Waals surface area (Å²) in [5.41, 5.74) is 0.757. The molecule has 0 bridgehead atoms. The predicted octanol–water partition coefficient (Wildman–Crippen LogP) is 2.93. The molecule has 1 atom stereocenters. The van der Waals surface area contributed by atoms with E-state index in [9.17, 15) is 14.0 Å². The van der Waals surface area contributed by atoms with Crippen molar-refractivity contribution in [1.82, 2.24) is 24.6 Å². The number of aromatic nitrogens is 3. The average Bonchev–Trinajstić information content (AvgIpc) is 3.66. The first kappa shape index (κ1) is 23.6. The summed E-state index contributed by atoms with van der Waals surface area (Å²) in [5, 5.41) is 9.29. The lowest BCUT2D eigenvalue weighted by Gasteiger charge is -2.34. The number of nitrogens with zero attached hydrogens (tertiary/aromatic N) is 5. The Kier molecular flexibility index (Phi) is 7.14. The molecule has 0 aliphatic carbocycles. The summed E-state index contributed by atoms with van der Waals surface area (Å²) in [6.07, 6.45) is 3.49. The normalized spacial score (nSPS) is 18.3. The van der Waals surface area contributed by atoms with E-state index in [0.29, 0.717) is 49.5 Å². The van der Waals surface area contributed by atoms with Crippen LogP contribution in [0.1, 0.15) is 23.4 Å². The predicted molar refractivity (Wildman–Crippen MR) is 126 cm³/mol. The van der Waals surface area contributed by atoms with Gasteiger partial charge < -0.3 is 19.0 Å². The fourth-order valence-corrected chi connectivity index (χ4v) is 5.15. The summed E-state index contributed by atoms with van der Waals surface area (Å²) in [6, 6.07) is 9.47. The standard InChI is InChI=1S/C24H26FN5O4S/c25-18-7-5-17(6-8-18)22-26-27-24(30(22)15-19-3-1-13-33-19)35-16-21(31)28-9-11-29(12-10-28)23(32)20-4-2-14-34-20/h2,4-8,14,19H,1,3,9-13,15-16H2/t19-/m1/s1. The van der Waals surface area contributed by atoms with Crippen LogP contribution in [0.4, 0.5) is 4.39 Å². The lowest BCUT2D eigenvalue weighted by Crippen LogP contribution is -2.51. The van der Waals surface area contributed by atoms with Crippen LogP contribution in [0, 0.1) is 5.82 Å². The number of thioether (sulfide) groups is 1. The number of ether oxygens (including phenoxy) is 1. The molecule has 2 saturated heterocycles. The molecular formula is C24H26FN5O4S. The Bertz CT molecular complexity index is 1150. The van der Waals surface area contributed by atoms with Crippen LogP contribution in [0.15, 0.2) is 52.2 Å². The molecule has 2 aromatic heterocycles. The van der Waals surface area contributed by atoms with Crippen molar-refractivity contribution in [3.05, 3.63) is 54.2 Å². The second kappa shape index (κ2) is 10.6. The zero-order chi connectivity index (χ0) is 24.2. The van der Waals surface area contributed by atoms with Gasteiger partial charge in [-0.1, -0.05) is 11.8 Å². The number of carbonyl (C=O) groups excluding carboxylic acids is 2. The highest BCUT2D eigenvalue weighted by molar-refractivity contribution is 7.99. The third-order valence-corrected chi connectivity index (χ3v) is 7.16. The number of benzene rings is 1. The van der Waals surface area contributed by atoms with Gasteiger partial charge in [-0.3, -0.25) is 14.2 Å². The maximum atomic E-state index is 13.4. The SMILES string of the molecule is O=C(CSc1nnc(-c2ccc(F)cc2)n1C[C@H]1CCCO1)N1CCN(C(=O)c2ccco2)CC1. The van der Waals surface area contributed by atoms with Crippen LogP contribution in [0.25, 0.3) is 11.4 Å². The Morgan fingerprint density at radius 2 is 1.83 bits per heavy atom. The van der Waals surface area contributed by atoms with Crippen LogP contribution in [0.5, 0.6) is 0 Å². The van der Waals surface area contributed by atoms with Crippen LogP contribution in [-0.2, 0) is 16.1 Å². The van der Waals surface area contributed by atoms with Gasteiger partial charge in [-0.2, -0.15) is 0 Å². The molecule has 0 spiro atoms. The molecule has 2 aliphatic heterocycles. The maximum absolute atomic E-state index is 13.4.